The van der Waals surface area contributed by atoms with Crippen molar-refractivity contribution >= 4 is 63.5 Å². The number of alkyl halides is 9. The number of carbonyl (C=O) groups excluding carboxylic acids is 3. The van der Waals surface area contributed by atoms with E-state index in [-0.39, 0.29) is 54.9 Å². The summed E-state index contributed by atoms with van der Waals surface area (Å²) in [7, 11) is -5.55. The van der Waals surface area contributed by atoms with Gasteiger partial charge < -0.3 is 29.9 Å². The van der Waals surface area contributed by atoms with Gasteiger partial charge in [0, 0.05) is 48.1 Å². The van der Waals surface area contributed by atoms with Crippen LogP contribution < -0.4 is 47.1 Å². The molecule has 496 valence electrons. The number of benzene rings is 6. The van der Waals surface area contributed by atoms with E-state index in [9.17, 15) is 78.3 Å². The maximum Gasteiger partial charge on any atom is 3.00 e. The smallest absolute Gasteiger partial charge is 0.869 e. The van der Waals surface area contributed by atoms with Crippen molar-refractivity contribution in [2.75, 3.05) is 0 Å². The standard InChI is InChI=1S/2C18H15OP.3C12H15F3O2.Eu.H2O/c2*19-20(16-10-4-1-5-11-16,17-12-6-2-7-13-17)18-14-8-3-9-15-18;3*1-10(2)6-4-5-11(10,3)8(16)7(6)9(17)12(13,14)15;;/h2*1-15H;3*6,17H,4-5H2,1-3H3;;1H2/q;;;;;+3;/p-3/b;;3*9-7-;;/t;;3*6-,11+;;/m..111../s1. The summed E-state index contributed by atoms with van der Waals surface area (Å²) in [6.07, 6.45) is -11.6. The van der Waals surface area contributed by atoms with Gasteiger partial charge in [0.05, 0.1) is 0 Å². The van der Waals surface area contributed by atoms with Crippen molar-refractivity contribution in [1.29, 1.82) is 0 Å². The predicted octanol–water partition coefficient (Wildman–Crippen LogP) is 12.4. The van der Waals surface area contributed by atoms with Crippen LogP contribution in [0.25, 0.3) is 0 Å². The summed E-state index contributed by atoms with van der Waals surface area (Å²) in [5.41, 5.74) is -5.65. The second kappa shape index (κ2) is 27.8. The van der Waals surface area contributed by atoms with Crippen molar-refractivity contribution in [2.45, 2.75) is 119 Å². The van der Waals surface area contributed by atoms with E-state index in [0.29, 0.717) is 38.5 Å². The Hall–Kier alpha value is -5.68. The summed E-state index contributed by atoms with van der Waals surface area (Å²) in [6, 6.07) is 58.3. The summed E-state index contributed by atoms with van der Waals surface area (Å²) in [5, 5.41) is 39.2. The molecule has 6 aliphatic carbocycles. The van der Waals surface area contributed by atoms with E-state index >= 15 is 0 Å². The molecule has 93 heavy (non-hydrogen) atoms. The van der Waals surface area contributed by atoms with Gasteiger partial charge in [-0.2, -0.15) is 39.5 Å². The first-order chi connectivity index (χ1) is 42.2. The van der Waals surface area contributed by atoms with Gasteiger partial charge in [0.15, 0.2) is 31.6 Å². The minimum atomic E-state index is -4.94. The molecule has 6 aliphatic rings. The molecule has 0 amide bonds. The molecule has 0 spiro atoms. The van der Waals surface area contributed by atoms with Gasteiger partial charge >= 0.3 is 67.9 Å². The topological polar surface area (TPSA) is 186 Å². The average Bonchev–Trinajstić information content (AvgIpc) is 1.56. The van der Waals surface area contributed by atoms with E-state index in [0.717, 1.165) is 31.8 Å². The molecule has 0 aliphatic heterocycles. The molecule has 6 saturated carbocycles. The number of hydrogen-bond acceptors (Lipinski definition) is 8. The first-order valence-electron chi connectivity index (χ1n) is 29.9. The fourth-order valence-corrected chi connectivity index (χ4v) is 19.9. The van der Waals surface area contributed by atoms with Gasteiger partial charge in [-0.3, -0.25) is 14.4 Å². The number of ketones is 3. The van der Waals surface area contributed by atoms with Crippen molar-refractivity contribution in [2.24, 2.45) is 50.2 Å². The fourth-order valence-electron chi connectivity index (χ4n) is 14.6. The third-order valence-corrected chi connectivity index (χ3v) is 27.3. The molecule has 6 bridgehead atoms. The van der Waals surface area contributed by atoms with Crippen LogP contribution in [0, 0.1) is 99.6 Å². The normalized spacial score (nSPS) is 26.0. The van der Waals surface area contributed by atoms with Crippen LogP contribution in [0.2, 0.25) is 0 Å². The van der Waals surface area contributed by atoms with E-state index in [2.05, 4.69) is 0 Å². The molecule has 21 heteroatoms. The third kappa shape index (κ3) is 13.5. The second-order valence-electron chi connectivity index (χ2n) is 26.4. The van der Waals surface area contributed by atoms with Crippen molar-refractivity contribution < 1.29 is 133 Å². The van der Waals surface area contributed by atoms with Crippen LogP contribution >= 0.6 is 14.3 Å². The number of allylic oxidation sites excluding steroid dienone is 6. The molecule has 6 aromatic carbocycles. The van der Waals surface area contributed by atoms with Gasteiger partial charge in [0.25, 0.3) is 0 Å². The maximum absolute atomic E-state index is 13.8. The molecule has 6 aromatic rings. The maximum atomic E-state index is 13.8. The monoisotopic (exact) mass is 1470 g/mol. The Morgan fingerprint density at radius 2 is 0.495 bits per heavy atom. The molecule has 6 atom stereocenters. The van der Waals surface area contributed by atoms with E-state index in [4.69, 9.17) is 0 Å². The summed E-state index contributed by atoms with van der Waals surface area (Å²) < 4.78 is 140. The van der Waals surface area contributed by atoms with Gasteiger partial charge in [-0.05, 0) is 107 Å². The predicted molar refractivity (Wildman–Crippen MR) is 333 cm³/mol. The van der Waals surface area contributed by atoms with Crippen molar-refractivity contribution in [3.63, 3.8) is 0 Å². The van der Waals surface area contributed by atoms with E-state index in [1.165, 1.54) is 0 Å². The number of Topliss-reactive ketones (excluding diaryl/α,β-unsaturated/α-hetero) is 3. The molecule has 0 aromatic heterocycles. The van der Waals surface area contributed by atoms with Crippen LogP contribution in [0.5, 0.6) is 0 Å². The fraction of sp³-hybridized carbons (Fsp3) is 0.375. The molecule has 9 nitrogen and oxygen atoms in total. The summed E-state index contributed by atoms with van der Waals surface area (Å²) >= 11 is 0. The largest absolute Gasteiger partial charge is 3.00 e. The number of hydrogen-bond donors (Lipinski definition) is 0. The molecule has 2 N–H and O–H groups in total. The van der Waals surface area contributed by atoms with Gasteiger partial charge in [-0.15, -0.1) is 0 Å². The van der Waals surface area contributed by atoms with Gasteiger partial charge in [-0.1, -0.05) is 244 Å². The van der Waals surface area contributed by atoms with Gasteiger partial charge in [-0.25, -0.2) is 0 Å². The van der Waals surface area contributed by atoms with Crippen LogP contribution in [0.1, 0.15) is 101 Å². The zero-order valence-electron chi connectivity index (χ0n) is 52.7. The van der Waals surface area contributed by atoms with Crippen molar-refractivity contribution in [3.05, 3.63) is 216 Å². The van der Waals surface area contributed by atoms with Crippen LogP contribution in [0.3, 0.4) is 0 Å². The van der Waals surface area contributed by atoms with E-state index in [1.54, 1.807) is 62.3 Å². The molecular weight excluding hydrogens is 1390 g/mol. The quantitative estimate of drug-likeness (QED) is 0.0682. The Morgan fingerprint density at radius 3 is 0.613 bits per heavy atom. The van der Waals surface area contributed by atoms with Crippen molar-refractivity contribution in [1.82, 2.24) is 0 Å². The first-order valence-corrected chi connectivity index (χ1v) is 33.3. The Labute approximate surface area is 577 Å². The molecular formula is C72H74EuF9O9P2. The SMILES string of the molecule is CC1(C)[C@@H]2CC[C@@]1(C)C(=O)/C2=C(\[O-])C(F)(F)F.CC1(C)[C@@H]2CC[C@@]1(C)C(=O)/C2=C(\[O-])C(F)(F)F.CC1(C)[C@@H]2CC[C@@]1(C)C(=O)/C2=C(\[O-])C(F)(F)F.O.O=P(c1ccccc1)(c1ccccc1)c1ccccc1.O=P(c1ccccc1)(c1ccccc1)c1ccccc1.[Eu+3]. The first kappa shape index (κ1) is 76.3. The minimum Gasteiger partial charge on any atom is -0.869 e. The Morgan fingerprint density at radius 1 is 0.344 bits per heavy atom. The molecule has 6 fully saturated rings. The molecule has 0 unspecified atom stereocenters. The van der Waals surface area contributed by atoms with Crippen LogP contribution in [0.15, 0.2) is 216 Å². The summed E-state index contributed by atoms with van der Waals surface area (Å²) in [4.78, 5) is 36.1. The Kier molecular flexibility index (Phi) is 22.8. The third-order valence-electron chi connectivity index (χ3n) is 21.2. The molecule has 0 heterocycles. The van der Waals surface area contributed by atoms with Crippen LogP contribution in [0.4, 0.5) is 39.5 Å². The Balaban J connectivity index is 0.000000184. The van der Waals surface area contributed by atoms with E-state index in [1.807, 2.05) is 182 Å². The summed E-state index contributed by atoms with van der Waals surface area (Å²) in [6.45, 7) is 15.7. The molecule has 0 radical (unpaired) electrons. The molecule has 0 saturated heterocycles. The molecule has 12 rings (SSSR count). The number of rotatable bonds is 6. The van der Waals surface area contributed by atoms with E-state index < -0.39 is 134 Å². The minimum absolute atomic E-state index is 0. The second-order valence-corrected chi connectivity index (χ2v) is 31.9. The summed E-state index contributed by atoms with van der Waals surface area (Å²) in [5.74, 6) is -9.25. The van der Waals surface area contributed by atoms with Gasteiger partial charge in [0.2, 0.25) is 0 Å². The zero-order valence-corrected chi connectivity index (χ0v) is 56.9. The van der Waals surface area contributed by atoms with Crippen LogP contribution in [-0.4, -0.2) is 41.4 Å². The Bertz CT molecular complexity index is 3350. The van der Waals surface area contributed by atoms with Gasteiger partial charge in [0.1, 0.15) is 0 Å². The number of halogens is 9. The zero-order chi connectivity index (χ0) is 67.3. The average molecular weight is 1470 g/mol. The number of carbonyl (C=O) groups is 3. The number of fused-ring (bicyclic) bond motifs is 6. The van der Waals surface area contributed by atoms with Crippen LogP contribution in [-0.2, 0) is 23.5 Å². The van der Waals surface area contributed by atoms with Crippen molar-refractivity contribution in [3.8, 4) is 0 Å².